The van der Waals surface area contributed by atoms with Gasteiger partial charge >= 0.3 is 0 Å². The molecule has 1 N–H and O–H groups in total. The van der Waals surface area contributed by atoms with Gasteiger partial charge in [-0.05, 0) is 76.3 Å². The van der Waals surface area contributed by atoms with E-state index in [9.17, 15) is 24.0 Å². The van der Waals surface area contributed by atoms with Crippen LogP contribution < -0.4 is 10.1 Å². The average molecular weight is 727 g/mol. The first kappa shape index (κ1) is 34.4. The predicted molar refractivity (Wildman–Crippen MR) is 190 cm³/mol. The van der Waals surface area contributed by atoms with Crippen LogP contribution in [0.3, 0.4) is 0 Å². The zero-order valence-corrected chi connectivity index (χ0v) is 29.9. The number of thiophene rings is 1. The number of hydrogen-bond acceptors (Lipinski definition) is 10. The highest BCUT2D eigenvalue weighted by Crippen LogP contribution is 2.40. The summed E-state index contributed by atoms with van der Waals surface area (Å²) in [5.41, 5.74) is 4.13. The molecule has 4 amide bonds. The smallest absolute Gasteiger partial charge is 0.266 e. The van der Waals surface area contributed by atoms with Gasteiger partial charge in [-0.2, -0.15) is 0 Å². The Bertz CT molecular complexity index is 2140. The molecular formula is C37H35ClN6O6S. The van der Waals surface area contributed by atoms with Crippen LogP contribution in [0.15, 0.2) is 47.5 Å². The van der Waals surface area contributed by atoms with Crippen LogP contribution in [0.5, 0.6) is 5.75 Å². The number of benzene rings is 2. The number of hydrogen-bond donors (Lipinski definition) is 1. The van der Waals surface area contributed by atoms with Crippen molar-refractivity contribution in [3.8, 4) is 10.8 Å². The highest BCUT2D eigenvalue weighted by molar-refractivity contribution is 7.15. The molecule has 2 atom stereocenters. The van der Waals surface area contributed by atoms with Crippen LogP contribution in [0.2, 0.25) is 5.02 Å². The van der Waals surface area contributed by atoms with Gasteiger partial charge in [0.2, 0.25) is 11.8 Å². The largest absolute Gasteiger partial charge is 0.493 e. The van der Waals surface area contributed by atoms with Crippen molar-refractivity contribution < 1.29 is 28.7 Å². The molecule has 0 saturated carbocycles. The second-order valence-corrected chi connectivity index (χ2v) is 14.6. The van der Waals surface area contributed by atoms with Gasteiger partial charge in [-0.1, -0.05) is 29.8 Å². The van der Waals surface area contributed by atoms with Crippen LogP contribution in [0.1, 0.15) is 105 Å². The first-order valence-corrected chi connectivity index (χ1v) is 18.1. The Morgan fingerprint density at radius 1 is 0.980 bits per heavy atom. The molecule has 51 heavy (non-hydrogen) atoms. The van der Waals surface area contributed by atoms with E-state index in [4.69, 9.17) is 21.3 Å². The number of fused-ring (bicyclic) bond motifs is 4. The number of carbonyl (C=O) groups excluding carboxylic acids is 5. The molecule has 2 aromatic heterocycles. The maximum atomic E-state index is 13.4. The first-order valence-electron chi connectivity index (χ1n) is 16.9. The molecule has 0 aliphatic carbocycles. The Morgan fingerprint density at radius 3 is 2.53 bits per heavy atom. The summed E-state index contributed by atoms with van der Waals surface area (Å²) in [7, 11) is 0. The molecule has 3 aliphatic heterocycles. The lowest BCUT2D eigenvalue weighted by molar-refractivity contribution is -0.136. The van der Waals surface area contributed by atoms with E-state index in [0.29, 0.717) is 36.5 Å². The number of halogens is 1. The molecule has 4 aromatic rings. The van der Waals surface area contributed by atoms with E-state index >= 15 is 0 Å². The number of amides is 4. The second kappa shape index (κ2) is 14.0. The SMILES string of the molecule is Cc1sc2c(c1C)C(c1ccc(Cl)cc1)=N[C@@H](CC(=O)CCCCCOc1cccc3c1C(=O)N(C1CCC(=O)NC1=O)C3=O)c1nnc(C)n1-2. The fraction of sp³-hybridized carbons (Fsp3) is 0.351. The van der Waals surface area contributed by atoms with Crippen molar-refractivity contribution in [1.82, 2.24) is 25.0 Å². The molecule has 14 heteroatoms. The van der Waals surface area contributed by atoms with Gasteiger partial charge < -0.3 is 4.74 Å². The summed E-state index contributed by atoms with van der Waals surface area (Å²) in [5, 5.41) is 12.7. The number of nitrogens with one attached hydrogen (secondary N) is 1. The number of aryl methyl sites for hydroxylation is 2. The standard InChI is InChI=1S/C37H35ClN6O6S/c1-19-20(2)51-37-30(19)32(22-11-13-23(38)14-12-22)39-26(33-42-41-21(3)43(33)37)18-24(45)8-5-4-6-17-50-28-10-7-9-25-31(28)36(49)44(35(25)48)27-15-16-29(46)40-34(27)47/h7,9-14,26-27H,4-6,8,15-18H2,1-3H3,(H,40,46,47)/t26-,27?/m0/s1. The number of nitrogens with zero attached hydrogens (tertiary/aromatic N) is 5. The number of piperidine rings is 1. The number of unbranched alkanes of at least 4 members (excludes halogenated alkanes) is 2. The summed E-state index contributed by atoms with van der Waals surface area (Å²) < 4.78 is 7.98. The topological polar surface area (TPSA) is 153 Å². The molecular weight excluding hydrogens is 692 g/mol. The maximum absolute atomic E-state index is 13.4. The summed E-state index contributed by atoms with van der Waals surface area (Å²) in [6.07, 6.45) is 2.60. The van der Waals surface area contributed by atoms with Gasteiger partial charge in [-0.25, -0.2) is 0 Å². The lowest BCUT2D eigenvalue weighted by Gasteiger charge is -2.27. The molecule has 2 aromatic carbocycles. The number of ether oxygens (including phenoxy) is 1. The summed E-state index contributed by atoms with van der Waals surface area (Å²) in [6.45, 7) is 6.35. The number of rotatable bonds is 11. The minimum atomic E-state index is -1.05. The van der Waals surface area contributed by atoms with E-state index < -0.39 is 35.7 Å². The minimum absolute atomic E-state index is 0.0461. The zero-order chi connectivity index (χ0) is 36.0. The Kier molecular flexibility index (Phi) is 9.42. The van der Waals surface area contributed by atoms with E-state index in [1.807, 2.05) is 35.8 Å². The summed E-state index contributed by atoms with van der Waals surface area (Å²) in [5.74, 6) is -0.595. The van der Waals surface area contributed by atoms with E-state index in [1.165, 1.54) is 10.9 Å². The van der Waals surface area contributed by atoms with Crippen molar-refractivity contribution in [3.63, 3.8) is 0 Å². The van der Waals surface area contributed by atoms with Crippen LogP contribution >= 0.6 is 22.9 Å². The third-order valence-corrected chi connectivity index (χ3v) is 11.0. The summed E-state index contributed by atoms with van der Waals surface area (Å²) in [4.78, 5) is 71.1. The molecule has 262 valence electrons. The van der Waals surface area contributed by atoms with Crippen molar-refractivity contribution in [2.45, 2.75) is 77.8 Å². The Balaban J connectivity index is 0.983. The quantitative estimate of drug-likeness (QED) is 0.150. The fourth-order valence-corrected chi connectivity index (χ4v) is 8.18. The number of Topliss-reactive ketones (excluding diaryl/α,β-unsaturated/α-hetero) is 1. The van der Waals surface area contributed by atoms with Gasteiger partial charge in [0.05, 0.1) is 23.4 Å². The molecule has 0 bridgehead atoms. The molecule has 0 spiro atoms. The molecule has 0 radical (unpaired) electrons. The Labute approximate surface area is 302 Å². The first-order chi connectivity index (χ1) is 24.5. The number of aromatic nitrogens is 3. The van der Waals surface area contributed by atoms with Gasteiger partial charge in [0.25, 0.3) is 11.8 Å². The predicted octanol–water partition coefficient (Wildman–Crippen LogP) is 5.80. The van der Waals surface area contributed by atoms with E-state index in [2.05, 4.69) is 29.4 Å². The second-order valence-electron chi connectivity index (χ2n) is 12.9. The van der Waals surface area contributed by atoms with Crippen LogP contribution in [0.25, 0.3) is 5.00 Å². The molecule has 1 saturated heterocycles. The van der Waals surface area contributed by atoms with E-state index in [1.54, 1.807) is 23.5 Å². The van der Waals surface area contributed by atoms with E-state index in [-0.39, 0.29) is 48.5 Å². The summed E-state index contributed by atoms with van der Waals surface area (Å²) >= 11 is 7.88. The highest BCUT2D eigenvalue weighted by atomic mass is 35.5. The van der Waals surface area contributed by atoms with Crippen molar-refractivity contribution in [2.24, 2.45) is 4.99 Å². The van der Waals surface area contributed by atoms with Crippen molar-refractivity contribution >= 4 is 58.1 Å². The van der Waals surface area contributed by atoms with Crippen LogP contribution in [-0.4, -0.2) is 67.4 Å². The van der Waals surface area contributed by atoms with Gasteiger partial charge in [-0.3, -0.25) is 43.7 Å². The third-order valence-electron chi connectivity index (χ3n) is 9.57. The van der Waals surface area contributed by atoms with Gasteiger partial charge in [0, 0.05) is 40.3 Å². The number of aliphatic imine (C=N–C) groups is 1. The number of carbonyl (C=O) groups is 5. The number of imide groups is 2. The molecule has 5 heterocycles. The van der Waals surface area contributed by atoms with Crippen LogP contribution in [0.4, 0.5) is 0 Å². The lowest BCUT2D eigenvalue weighted by atomic mass is 9.99. The monoisotopic (exact) mass is 726 g/mol. The molecule has 12 nitrogen and oxygen atoms in total. The fourth-order valence-electron chi connectivity index (χ4n) is 6.84. The normalized spacial score (nSPS) is 18.2. The molecule has 1 unspecified atom stereocenters. The van der Waals surface area contributed by atoms with Crippen molar-refractivity contribution in [3.05, 3.63) is 91.8 Å². The maximum Gasteiger partial charge on any atom is 0.266 e. The zero-order valence-electron chi connectivity index (χ0n) is 28.3. The van der Waals surface area contributed by atoms with Crippen LogP contribution in [0, 0.1) is 20.8 Å². The van der Waals surface area contributed by atoms with Gasteiger partial charge in [-0.15, -0.1) is 21.5 Å². The molecule has 7 rings (SSSR count). The molecule has 3 aliphatic rings. The van der Waals surface area contributed by atoms with Crippen molar-refractivity contribution in [2.75, 3.05) is 6.61 Å². The molecule has 1 fully saturated rings. The summed E-state index contributed by atoms with van der Waals surface area (Å²) in [6, 6.07) is 10.8. The average Bonchev–Trinajstić information content (AvgIpc) is 3.68. The van der Waals surface area contributed by atoms with Crippen molar-refractivity contribution in [1.29, 1.82) is 0 Å². The van der Waals surface area contributed by atoms with E-state index in [0.717, 1.165) is 38.1 Å². The minimum Gasteiger partial charge on any atom is -0.493 e. The highest BCUT2D eigenvalue weighted by Gasteiger charge is 2.46. The van der Waals surface area contributed by atoms with Gasteiger partial charge in [0.1, 0.15) is 34.4 Å². The lowest BCUT2D eigenvalue weighted by Crippen LogP contribution is -2.54. The van der Waals surface area contributed by atoms with Gasteiger partial charge in [0.15, 0.2) is 5.82 Å². The van der Waals surface area contributed by atoms with Crippen LogP contribution in [-0.2, 0) is 14.4 Å². The Morgan fingerprint density at radius 2 is 1.76 bits per heavy atom. The third kappa shape index (κ3) is 6.40. The Hall–Kier alpha value is -5.01. The number of ketones is 1.